The third-order valence-corrected chi connectivity index (χ3v) is 6.35. The molecule has 0 spiro atoms. The van der Waals surface area contributed by atoms with Crippen molar-refractivity contribution in [1.82, 2.24) is 15.1 Å². The van der Waals surface area contributed by atoms with Crippen LogP contribution in [0, 0.1) is 0 Å². The average Bonchev–Trinajstić information content (AvgIpc) is 3.05. The van der Waals surface area contributed by atoms with Crippen LogP contribution < -0.4 is 4.90 Å². The van der Waals surface area contributed by atoms with Crippen molar-refractivity contribution < 1.29 is 4.42 Å². The van der Waals surface area contributed by atoms with Crippen molar-refractivity contribution >= 4 is 25.4 Å². The molecule has 102 valence electrons. The van der Waals surface area contributed by atoms with Crippen LogP contribution in [0.25, 0.3) is 4.47 Å². The van der Waals surface area contributed by atoms with E-state index < -0.39 is 0 Å². The van der Waals surface area contributed by atoms with Crippen LogP contribution in [0.5, 0.6) is 0 Å². The van der Waals surface area contributed by atoms with E-state index in [9.17, 15) is 0 Å². The molecule has 0 unspecified atom stereocenters. The predicted molar refractivity (Wildman–Crippen MR) is 76.8 cm³/mol. The van der Waals surface area contributed by atoms with Gasteiger partial charge in [-0.25, -0.2) is 0 Å². The molecule has 6 heteroatoms. The molecule has 0 saturated carbocycles. The van der Waals surface area contributed by atoms with Crippen molar-refractivity contribution in [2.45, 2.75) is 18.9 Å². The zero-order valence-electron chi connectivity index (χ0n) is 10.7. The minimum atomic E-state index is -0.194. The number of hydrogen-bond acceptors (Lipinski definition) is 5. The number of nitrogens with zero attached hydrogens (tertiary/aromatic N) is 4. The van der Waals surface area contributed by atoms with Gasteiger partial charge in [-0.15, -0.1) is 0 Å². The van der Waals surface area contributed by atoms with Crippen LogP contribution in [-0.2, 0) is 0 Å². The standard InChI is InChI=1S/C13H18N4OSe/c1-2-11(19-9-1)12-14-15-13(18-12)17-8-7-16-5-3-10(17)4-6-16/h1-2,9-10H,3-8,19H2. The van der Waals surface area contributed by atoms with Crippen LogP contribution in [0.1, 0.15) is 18.7 Å². The van der Waals surface area contributed by atoms with E-state index in [0.717, 1.165) is 25.0 Å². The van der Waals surface area contributed by atoms with E-state index in [2.05, 4.69) is 37.1 Å². The second kappa shape index (κ2) is 4.78. The Morgan fingerprint density at radius 2 is 2.05 bits per heavy atom. The number of fused-ring (bicyclic) bond motifs is 4. The average molecular weight is 325 g/mol. The summed E-state index contributed by atoms with van der Waals surface area (Å²) in [5, 5.41) is 8.52. The van der Waals surface area contributed by atoms with Crippen molar-refractivity contribution in [2.75, 3.05) is 31.1 Å². The first-order chi connectivity index (χ1) is 9.40. The molecule has 0 amide bonds. The first kappa shape index (κ1) is 11.7. The molecule has 4 aliphatic rings. The molecule has 5 heterocycles. The van der Waals surface area contributed by atoms with Gasteiger partial charge in [0.05, 0.1) is 0 Å². The van der Waals surface area contributed by atoms with E-state index in [-0.39, 0.29) is 15.0 Å². The van der Waals surface area contributed by atoms with Gasteiger partial charge in [0, 0.05) is 0 Å². The number of anilines is 1. The van der Waals surface area contributed by atoms with Crippen LogP contribution >= 0.6 is 0 Å². The van der Waals surface area contributed by atoms with Crippen LogP contribution in [0.3, 0.4) is 0 Å². The Labute approximate surface area is 118 Å². The quantitative estimate of drug-likeness (QED) is 0.736. The van der Waals surface area contributed by atoms with Gasteiger partial charge in [0.1, 0.15) is 0 Å². The Morgan fingerprint density at radius 3 is 2.84 bits per heavy atom. The van der Waals surface area contributed by atoms with E-state index in [1.165, 1.54) is 30.4 Å². The Kier molecular flexibility index (Phi) is 2.94. The van der Waals surface area contributed by atoms with E-state index in [1.54, 1.807) is 0 Å². The number of hydrogen-bond donors (Lipinski definition) is 0. The molecule has 4 aliphatic heterocycles. The van der Waals surface area contributed by atoms with Gasteiger partial charge in [0.15, 0.2) is 0 Å². The molecular formula is C13H18N4OSe. The van der Waals surface area contributed by atoms with E-state index in [4.69, 9.17) is 4.42 Å². The molecule has 0 N–H and O–H groups in total. The minimum absolute atomic E-state index is 0.194. The second-order valence-corrected chi connectivity index (χ2v) is 7.67. The second-order valence-electron chi connectivity index (χ2n) is 5.24. The molecule has 3 fully saturated rings. The maximum atomic E-state index is 5.92. The van der Waals surface area contributed by atoms with Crippen molar-refractivity contribution in [3.05, 3.63) is 23.0 Å². The van der Waals surface area contributed by atoms with Crippen molar-refractivity contribution in [3.8, 4) is 0 Å². The molecule has 1 aromatic heterocycles. The molecule has 0 atom stereocenters. The molecule has 2 bridgehead atoms. The van der Waals surface area contributed by atoms with Crippen LogP contribution in [0.4, 0.5) is 6.01 Å². The third kappa shape index (κ3) is 2.14. The summed E-state index contributed by atoms with van der Waals surface area (Å²) in [5.74, 6) is 0.735. The summed E-state index contributed by atoms with van der Waals surface area (Å²) in [5.41, 5.74) is 0. The molecule has 1 aromatic rings. The summed E-state index contributed by atoms with van der Waals surface area (Å²) in [6.07, 6.45) is 6.64. The van der Waals surface area contributed by atoms with Gasteiger partial charge in [-0.1, -0.05) is 0 Å². The van der Waals surface area contributed by atoms with Gasteiger partial charge >= 0.3 is 118 Å². The number of rotatable bonds is 2. The van der Waals surface area contributed by atoms with Gasteiger partial charge < -0.3 is 0 Å². The van der Waals surface area contributed by atoms with Gasteiger partial charge in [0.25, 0.3) is 0 Å². The summed E-state index contributed by atoms with van der Waals surface area (Å²) in [4.78, 5) is 7.09. The Balaban J connectivity index is 1.58. The van der Waals surface area contributed by atoms with Crippen LogP contribution in [0.2, 0.25) is 0 Å². The Hall–Kier alpha value is -1.10. The monoisotopic (exact) mass is 326 g/mol. The maximum absolute atomic E-state index is 5.92. The molecule has 19 heavy (non-hydrogen) atoms. The summed E-state index contributed by atoms with van der Waals surface area (Å²) >= 11 is -0.194. The number of aromatic nitrogens is 2. The van der Waals surface area contributed by atoms with E-state index in [1.807, 2.05) is 0 Å². The Morgan fingerprint density at radius 1 is 1.16 bits per heavy atom. The SMILES string of the molecule is C1=C[SeH2]C(c2nnc(N3CCN4CCC3CC4)o2)=C1. The van der Waals surface area contributed by atoms with Crippen molar-refractivity contribution in [3.63, 3.8) is 0 Å². The van der Waals surface area contributed by atoms with Gasteiger partial charge in [-0.3, -0.25) is 0 Å². The topological polar surface area (TPSA) is 45.4 Å². The summed E-state index contributed by atoms with van der Waals surface area (Å²) < 4.78 is 7.17. The number of allylic oxidation sites excluding steroid dienone is 2. The molecular weight excluding hydrogens is 307 g/mol. The van der Waals surface area contributed by atoms with Gasteiger partial charge in [-0.2, -0.15) is 0 Å². The fraction of sp³-hybridized carbons (Fsp3) is 0.538. The fourth-order valence-corrected chi connectivity index (χ4v) is 4.70. The van der Waals surface area contributed by atoms with Crippen molar-refractivity contribution in [1.29, 1.82) is 0 Å². The Bertz CT molecular complexity index is 531. The summed E-state index contributed by atoms with van der Waals surface area (Å²) in [6, 6.07) is 1.31. The third-order valence-electron chi connectivity index (χ3n) is 4.14. The first-order valence-electron chi connectivity index (χ1n) is 6.86. The molecule has 5 rings (SSSR count). The molecule has 0 aliphatic carbocycles. The zero-order valence-corrected chi connectivity index (χ0v) is 12.8. The fourth-order valence-electron chi connectivity index (χ4n) is 3.04. The first-order valence-corrected chi connectivity index (χ1v) is 9.12. The molecule has 3 saturated heterocycles. The predicted octanol–water partition coefficient (Wildman–Crippen LogP) is 0.391. The molecule has 0 radical (unpaired) electrons. The van der Waals surface area contributed by atoms with Gasteiger partial charge in [0.2, 0.25) is 0 Å². The number of piperidine rings is 1. The normalized spacial score (nSPS) is 31.8. The van der Waals surface area contributed by atoms with Crippen LogP contribution in [-0.4, -0.2) is 62.3 Å². The van der Waals surface area contributed by atoms with Crippen LogP contribution in [0.15, 0.2) is 21.5 Å². The van der Waals surface area contributed by atoms with Crippen molar-refractivity contribution in [2.24, 2.45) is 0 Å². The summed E-state index contributed by atoms with van der Waals surface area (Å²) in [7, 11) is 0. The zero-order chi connectivity index (χ0) is 12.7. The molecule has 5 nitrogen and oxygen atoms in total. The van der Waals surface area contributed by atoms with Gasteiger partial charge in [-0.05, 0) is 0 Å². The molecule has 0 aromatic carbocycles. The van der Waals surface area contributed by atoms with E-state index in [0.29, 0.717) is 6.04 Å². The summed E-state index contributed by atoms with van der Waals surface area (Å²) in [6.45, 7) is 4.55. The van der Waals surface area contributed by atoms with E-state index >= 15 is 0 Å².